The van der Waals surface area contributed by atoms with Gasteiger partial charge < -0.3 is 15.5 Å². The minimum absolute atomic E-state index is 0.0214. The van der Waals surface area contributed by atoms with E-state index in [1.165, 1.54) is 11.3 Å². The van der Waals surface area contributed by atoms with Gasteiger partial charge in [-0.2, -0.15) is 0 Å². The minimum atomic E-state index is 0.0214. The second kappa shape index (κ2) is 7.56. The Morgan fingerprint density at radius 3 is 2.52 bits per heavy atom. The van der Waals surface area contributed by atoms with E-state index >= 15 is 0 Å². The van der Waals surface area contributed by atoms with Crippen LogP contribution in [0.3, 0.4) is 0 Å². The normalized spacial score (nSPS) is 16.9. The van der Waals surface area contributed by atoms with Crippen LogP contribution in [0.25, 0.3) is 0 Å². The highest BCUT2D eigenvalue weighted by atomic mass is 32.1. The summed E-state index contributed by atoms with van der Waals surface area (Å²) in [6.45, 7) is 5.08. The lowest BCUT2D eigenvalue weighted by Crippen LogP contribution is -2.51. The summed E-state index contributed by atoms with van der Waals surface area (Å²) in [7, 11) is 0. The van der Waals surface area contributed by atoms with Gasteiger partial charge in [-0.05, 0) is 30.8 Å². The molecular weight excluding hydrogens is 286 g/mol. The number of thiophene rings is 1. The summed E-state index contributed by atoms with van der Waals surface area (Å²) in [4.78, 5) is 29.0. The van der Waals surface area contributed by atoms with Crippen molar-refractivity contribution in [3.05, 3.63) is 22.4 Å². The Labute approximate surface area is 129 Å². The highest BCUT2D eigenvalue weighted by molar-refractivity contribution is 7.12. The van der Waals surface area contributed by atoms with Gasteiger partial charge in [0.2, 0.25) is 5.91 Å². The third-order valence-corrected chi connectivity index (χ3v) is 4.73. The zero-order chi connectivity index (χ0) is 15.2. The van der Waals surface area contributed by atoms with Crippen LogP contribution >= 0.6 is 11.3 Å². The summed E-state index contributed by atoms with van der Waals surface area (Å²) in [5.41, 5.74) is 5.49. The second-order valence-electron chi connectivity index (χ2n) is 5.43. The number of piperazine rings is 1. The van der Waals surface area contributed by atoms with Gasteiger partial charge in [0, 0.05) is 32.1 Å². The van der Waals surface area contributed by atoms with Gasteiger partial charge in [0.25, 0.3) is 5.91 Å². The van der Waals surface area contributed by atoms with Gasteiger partial charge >= 0.3 is 0 Å². The summed E-state index contributed by atoms with van der Waals surface area (Å²) < 4.78 is 0. The van der Waals surface area contributed by atoms with E-state index in [9.17, 15) is 9.59 Å². The van der Waals surface area contributed by atoms with Crippen LogP contribution in [-0.2, 0) is 4.79 Å². The fourth-order valence-corrected chi connectivity index (χ4v) is 3.24. The number of amides is 2. The molecule has 2 N–H and O–H groups in total. The van der Waals surface area contributed by atoms with E-state index < -0.39 is 0 Å². The van der Waals surface area contributed by atoms with E-state index in [1.807, 2.05) is 34.2 Å². The zero-order valence-corrected chi connectivity index (χ0v) is 13.3. The number of rotatable bonds is 5. The first-order valence-electron chi connectivity index (χ1n) is 7.45. The summed E-state index contributed by atoms with van der Waals surface area (Å²) in [5, 5.41) is 1.91. The lowest BCUT2D eigenvalue weighted by molar-refractivity contribution is -0.136. The number of carbonyl (C=O) groups is 2. The Bertz CT molecular complexity index is 467. The van der Waals surface area contributed by atoms with Crippen LogP contribution in [0.1, 0.15) is 29.4 Å². The summed E-state index contributed by atoms with van der Waals surface area (Å²) >= 11 is 1.46. The highest BCUT2D eigenvalue weighted by Crippen LogP contribution is 2.16. The average molecular weight is 309 g/mol. The quantitative estimate of drug-likeness (QED) is 0.894. The topological polar surface area (TPSA) is 66.6 Å². The molecule has 1 aromatic heterocycles. The Kier molecular flexibility index (Phi) is 5.76. The van der Waals surface area contributed by atoms with Crippen LogP contribution in [0.4, 0.5) is 0 Å². The third kappa shape index (κ3) is 4.04. The summed E-state index contributed by atoms with van der Waals surface area (Å²) in [5.74, 6) is 0.285. The second-order valence-corrected chi connectivity index (χ2v) is 6.37. The number of nitrogens with two attached hydrogens (primary N) is 1. The Morgan fingerprint density at radius 1 is 1.29 bits per heavy atom. The molecule has 1 fully saturated rings. The van der Waals surface area contributed by atoms with Crippen molar-refractivity contribution in [1.82, 2.24) is 9.80 Å². The Balaban J connectivity index is 1.83. The molecule has 0 aliphatic carbocycles. The van der Waals surface area contributed by atoms with Gasteiger partial charge in [-0.15, -0.1) is 11.3 Å². The molecule has 0 radical (unpaired) electrons. The van der Waals surface area contributed by atoms with Crippen molar-refractivity contribution in [2.24, 2.45) is 11.7 Å². The Morgan fingerprint density at radius 2 is 1.95 bits per heavy atom. The molecule has 0 bridgehead atoms. The highest BCUT2D eigenvalue weighted by Gasteiger charge is 2.27. The summed E-state index contributed by atoms with van der Waals surface area (Å²) in [6, 6.07) is 3.73. The predicted molar refractivity (Wildman–Crippen MR) is 84.3 cm³/mol. The average Bonchev–Trinajstić information content (AvgIpc) is 3.05. The molecule has 2 heterocycles. The van der Waals surface area contributed by atoms with Gasteiger partial charge in [0.1, 0.15) is 0 Å². The van der Waals surface area contributed by atoms with E-state index in [0.717, 1.165) is 17.7 Å². The molecular formula is C15H23N3O2S. The molecule has 0 aromatic carbocycles. The number of hydrogen-bond acceptors (Lipinski definition) is 4. The van der Waals surface area contributed by atoms with Crippen molar-refractivity contribution < 1.29 is 9.59 Å². The van der Waals surface area contributed by atoms with Gasteiger partial charge in [-0.1, -0.05) is 13.0 Å². The van der Waals surface area contributed by atoms with Crippen LogP contribution in [-0.4, -0.2) is 54.3 Å². The van der Waals surface area contributed by atoms with Gasteiger partial charge in [-0.25, -0.2) is 0 Å². The molecule has 2 rings (SSSR count). The van der Waals surface area contributed by atoms with Crippen molar-refractivity contribution in [2.75, 3.05) is 32.7 Å². The van der Waals surface area contributed by atoms with Crippen LogP contribution in [0.5, 0.6) is 0 Å². The third-order valence-electron chi connectivity index (χ3n) is 3.87. The van der Waals surface area contributed by atoms with Crippen molar-refractivity contribution in [3.8, 4) is 0 Å². The molecule has 21 heavy (non-hydrogen) atoms. The fraction of sp³-hybridized carbons (Fsp3) is 0.600. The molecule has 0 saturated carbocycles. The fourth-order valence-electron chi connectivity index (χ4n) is 2.55. The number of nitrogens with zero attached hydrogens (tertiary/aromatic N) is 2. The van der Waals surface area contributed by atoms with Crippen molar-refractivity contribution in [1.29, 1.82) is 0 Å². The van der Waals surface area contributed by atoms with E-state index in [0.29, 0.717) is 32.7 Å². The molecule has 1 saturated heterocycles. The first kappa shape index (κ1) is 16.0. The lowest BCUT2D eigenvalue weighted by atomic mass is 10.0. The lowest BCUT2D eigenvalue weighted by Gasteiger charge is -2.35. The van der Waals surface area contributed by atoms with Crippen LogP contribution in [0.15, 0.2) is 17.5 Å². The zero-order valence-electron chi connectivity index (χ0n) is 12.5. The van der Waals surface area contributed by atoms with E-state index in [1.54, 1.807) is 0 Å². The molecule has 116 valence electrons. The monoisotopic (exact) mass is 309 g/mol. The largest absolute Gasteiger partial charge is 0.339 e. The molecule has 0 spiro atoms. The molecule has 2 amide bonds. The van der Waals surface area contributed by atoms with Crippen molar-refractivity contribution in [3.63, 3.8) is 0 Å². The maximum atomic E-state index is 12.3. The first-order valence-corrected chi connectivity index (χ1v) is 8.33. The first-order chi connectivity index (χ1) is 10.1. The summed E-state index contributed by atoms with van der Waals surface area (Å²) in [6.07, 6.45) is 1.72. The maximum absolute atomic E-state index is 12.3. The van der Waals surface area contributed by atoms with Crippen molar-refractivity contribution >= 4 is 23.2 Å². The van der Waals surface area contributed by atoms with Crippen LogP contribution < -0.4 is 5.73 Å². The molecule has 1 atom stereocenters. The molecule has 5 nitrogen and oxygen atoms in total. The molecule has 1 aromatic rings. The molecule has 6 heteroatoms. The smallest absolute Gasteiger partial charge is 0.264 e. The van der Waals surface area contributed by atoms with Gasteiger partial charge in [-0.3, -0.25) is 9.59 Å². The van der Waals surface area contributed by atoms with Crippen LogP contribution in [0.2, 0.25) is 0 Å². The molecule has 1 aliphatic heterocycles. The standard InChI is InChI=1S/C15H23N3O2S/c1-12(4-2-6-16)14(19)17-7-9-18(10-8-17)15(20)13-5-3-11-21-13/h3,5,11-12H,2,4,6-10,16H2,1H3. The SMILES string of the molecule is CC(CCCN)C(=O)N1CCN(C(=O)c2cccs2)CC1. The molecule has 1 unspecified atom stereocenters. The van der Waals surface area contributed by atoms with Gasteiger partial charge in [0.05, 0.1) is 4.88 Å². The molecule has 1 aliphatic rings. The minimum Gasteiger partial charge on any atom is -0.339 e. The van der Waals surface area contributed by atoms with E-state index in [-0.39, 0.29) is 17.7 Å². The number of hydrogen-bond donors (Lipinski definition) is 1. The predicted octanol–water partition coefficient (Wildman–Crippen LogP) is 1.41. The van der Waals surface area contributed by atoms with Crippen LogP contribution in [0, 0.1) is 5.92 Å². The van der Waals surface area contributed by atoms with Crippen molar-refractivity contribution in [2.45, 2.75) is 19.8 Å². The van der Waals surface area contributed by atoms with Gasteiger partial charge in [0.15, 0.2) is 0 Å². The Hall–Kier alpha value is -1.40. The van der Waals surface area contributed by atoms with E-state index in [2.05, 4.69) is 0 Å². The number of carbonyl (C=O) groups excluding carboxylic acids is 2. The maximum Gasteiger partial charge on any atom is 0.264 e. The van der Waals surface area contributed by atoms with E-state index in [4.69, 9.17) is 5.73 Å².